The second-order valence-electron chi connectivity index (χ2n) is 2.59. The van der Waals surface area contributed by atoms with Gasteiger partial charge in [0.1, 0.15) is 5.82 Å². The second-order valence-corrected chi connectivity index (χ2v) is 3.34. The lowest BCUT2D eigenvalue weighted by Crippen LogP contribution is -2.30. The van der Waals surface area contributed by atoms with Gasteiger partial charge in [-0.1, -0.05) is 0 Å². The number of nitrogens with one attached hydrogen (secondary N) is 1. The lowest BCUT2D eigenvalue weighted by molar-refractivity contribution is -0.147. The van der Waals surface area contributed by atoms with Gasteiger partial charge in [-0.3, -0.25) is 0 Å². The number of hydrogen-bond acceptors (Lipinski definition) is 6. The molecule has 0 radical (unpaired) electrons. The van der Waals surface area contributed by atoms with Crippen molar-refractivity contribution in [2.75, 3.05) is 19.0 Å². The Bertz CT molecular complexity index is 315. The molecule has 0 aromatic carbocycles. The SMILES string of the molecule is COC(CNc1nc(C)ns1)C(=O)O. The fourth-order valence-corrected chi connectivity index (χ4v) is 1.40. The third-order valence-corrected chi connectivity index (χ3v) is 2.29. The predicted octanol–water partition coefficient (Wildman–Crippen LogP) is 0.358. The molecule has 1 heterocycles. The Morgan fingerprint density at radius 3 is 2.93 bits per heavy atom. The van der Waals surface area contributed by atoms with E-state index in [4.69, 9.17) is 9.84 Å². The summed E-state index contributed by atoms with van der Waals surface area (Å²) in [5.41, 5.74) is 0. The summed E-state index contributed by atoms with van der Waals surface area (Å²) in [6.45, 7) is 1.95. The first-order chi connectivity index (χ1) is 6.63. The van der Waals surface area contributed by atoms with Gasteiger partial charge in [0.15, 0.2) is 6.10 Å². The summed E-state index contributed by atoms with van der Waals surface area (Å²) >= 11 is 1.19. The molecule has 0 spiro atoms. The van der Waals surface area contributed by atoms with Crippen molar-refractivity contribution >= 4 is 22.6 Å². The van der Waals surface area contributed by atoms with Gasteiger partial charge in [-0.05, 0) is 6.92 Å². The van der Waals surface area contributed by atoms with Crippen molar-refractivity contribution in [2.24, 2.45) is 0 Å². The van der Waals surface area contributed by atoms with E-state index in [9.17, 15) is 4.79 Å². The number of carboxylic acid groups (broad SMARTS) is 1. The van der Waals surface area contributed by atoms with Gasteiger partial charge in [0.2, 0.25) is 5.13 Å². The molecule has 1 aromatic heterocycles. The van der Waals surface area contributed by atoms with Crippen molar-refractivity contribution in [1.82, 2.24) is 9.36 Å². The Hall–Kier alpha value is -1.21. The number of carbonyl (C=O) groups is 1. The molecule has 78 valence electrons. The highest BCUT2D eigenvalue weighted by atomic mass is 32.1. The highest BCUT2D eigenvalue weighted by molar-refractivity contribution is 7.09. The first-order valence-corrected chi connectivity index (χ1v) is 4.70. The zero-order valence-corrected chi connectivity index (χ0v) is 8.67. The van der Waals surface area contributed by atoms with Crippen molar-refractivity contribution in [3.8, 4) is 0 Å². The Morgan fingerprint density at radius 1 is 1.79 bits per heavy atom. The van der Waals surface area contributed by atoms with E-state index in [0.717, 1.165) is 0 Å². The third-order valence-electron chi connectivity index (χ3n) is 1.53. The van der Waals surface area contributed by atoms with Crippen LogP contribution in [-0.4, -0.2) is 40.2 Å². The molecular formula is C7H11N3O3S. The minimum absolute atomic E-state index is 0.181. The lowest BCUT2D eigenvalue weighted by atomic mass is 10.3. The van der Waals surface area contributed by atoms with Crippen LogP contribution in [0.1, 0.15) is 5.82 Å². The largest absolute Gasteiger partial charge is 0.479 e. The number of rotatable bonds is 5. The highest BCUT2D eigenvalue weighted by Crippen LogP contribution is 2.09. The highest BCUT2D eigenvalue weighted by Gasteiger charge is 2.16. The van der Waals surface area contributed by atoms with Crippen LogP contribution in [-0.2, 0) is 9.53 Å². The maximum Gasteiger partial charge on any atom is 0.334 e. The van der Waals surface area contributed by atoms with Crippen LogP contribution in [0.5, 0.6) is 0 Å². The van der Waals surface area contributed by atoms with Gasteiger partial charge < -0.3 is 15.2 Å². The number of carboxylic acids is 1. The summed E-state index contributed by atoms with van der Waals surface area (Å²) in [6, 6.07) is 0. The topological polar surface area (TPSA) is 84.3 Å². The Kier molecular flexibility index (Phi) is 3.78. The molecule has 1 rings (SSSR count). The van der Waals surface area contributed by atoms with Crippen molar-refractivity contribution in [2.45, 2.75) is 13.0 Å². The number of methoxy groups -OCH3 is 1. The zero-order valence-electron chi connectivity index (χ0n) is 7.85. The number of nitrogens with zero attached hydrogens (tertiary/aromatic N) is 2. The minimum atomic E-state index is -0.999. The molecule has 7 heteroatoms. The van der Waals surface area contributed by atoms with Crippen LogP contribution in [0.3, 0.4) is 0 Å². The van der Waals surface area contributed by atoms with Gasteiger partial charge in [-0.25, -0.2) is 9.78 Å². The van der Waals surface area contributed by atoms with Crippen LogP contribution in [0.25, 0.3) is 0 Å². The van der Waals surface area contributed by atoms with E-state index >= 15 is 0 Å². The number of hydrogen-bond donors (Lipinski definition) is 2. The Morgan fingerprint density at radius 2 is 2.50 bits per heavy atom. The van der Waals surface area contributed by atoms with Crippen molar-refractivity contribution in [3.63, 3.8) is 0 Å². The Balaban J connectivity index is 2.43. The van der Waals surface area contributed by atoms with E-state index in [1.165, 1.54) is 18.6 Å². The molecule has 0 aliphatic rings. The number of anilines is 1. The van der Waals surface area contributed by atoms with E-state index in [1.54, 1.807) is 6.92 Å². The van der Waals surface area contributed by atoms with Gasteiger partial charge in [0.05, 0.1) is 6.54 Å². The van der Waals surface area contributed by atoms with E-state index < -0.39 is 12.1 Å². The van der Waals surface area contributed by atoms with Crippen LogP contribution < -0.4 is 5.32 Å². The molecule has 0 aliphatic heterocycles. The van der Waals surface area contributed by atoms with Crippen LogP contribution in [0.4, 0.5) is 5.13 Å². The van der Waals surface area contributed by atoms with Crippen molar-refractivity contribution in [3.05, 3.63) is 5.82 Å². The van der Waals surface area contributed by atoms with Gasteiger partial charge in [-0.2, -0.15) is 4.37 Å². The molecule has 0 amide bonds. The van der Waals surface area contributed by atoms with Crippen LogP contribution in [0, 0.1) is 6.92 Å². The molecule has 2 N–H and O–H groups in total. The van der Waals surface area contributed by atoms with Crippen LogP contribution in [0.15, 0.2) is 0 Å². The van der Waals surface area contributed by atoms with E-state index in [-0.39, 0.29) is 6.54 Å². The molecule has 0 fully saturated rings. The summed E-state index contributed by atoms with van der Waals surface area (Å²) in [7, 11) is 1.35. The number of aryl methyl sites for hydroxylation is 1. The lowest BCUT2D eigenvalue weighted by Gasteiger charge is -2.09. The molecule has 0 bridgehead atoms. The van der Waals surface area contributed by atoms with Crippen LogP contribution >= 0.6 is 11.5 Å². The fraction of sp³-hybridized carbons (Fsp3) is 0.571. The first-order valence-electron chi connectivity index (χ1n) is 3.93. The maximum atomic E-state index is 10.6. The average molecular weight is 217 g/mol. The Labute approximate surface area is 85.1 Å². The third kappa shape index (κ3) is 2.93. The van der Waals surface area contributed by atoms with Gasteiger partial charge in [0, 0.05) is 18.6 Å². The minimum Gasteiger partial charge on any atom is -0.479 e. The van der Waals surface area contributed by atoms with E-state index in [0.29, 0.717) is 11.0 Å². The summed E-state index contributed by atoms with van der Waals surface area (Å²) in [5.74, 6) is -0.331. The molecule has 0 saturated heterocycles. The predicted molar refractivity (Wildman–Crippen MR) is 51.6 cm³/mol. The first kappa shape index (κ1) is 10.9. The summed E-state index contributed by atoms with van der Waals surface area (Å²) in [5, 5.41) is 12.1. The van der Waals surface area contributed by atoms with Crippen molar-refractivity contribution in [1.29, 1.82) is 0 Å². The molecule has 0 saturated carbocycles. The van der Waals surface area contributed by atoms with Crippen LogP contribution in [0.2, 0.25) is 0 Å². The standard InChI is InChI=1S/C7H11N3O3S/c1-4-9-7(14-10-4)8-3-5(13-2)6(11)12/h5H,3H2,1-2H3,(H,11,12)(H,8,9,10). The number of aliphatic carboxylic acids is 1. The van der Waals surface area contributed by atoms with Gasteiger partial charge >= 0.3 is 5.97 Å². The summed E-state index contributed by atoms with van der Waals surface area (Å²) < 4.78 is 8.68. The summed E-state index contributed by atoms with van der Waals surface area (Å²) in [4.78, 5) is 14.6. The smallest absolute Gasteiger partial charge is 0.334 e. The molecule has 0 aliphatic carbocycles. The average Bonchev–Trinajstić information content (AvgIpc) is 2.52. The fourth-order valence-electron chi connectivity index (χ4n) is 0.820. The second kappa shape index (κ2) is 4.87. The molecular weight excluding hydrogens is 206 g/mol. The molecule has 14 heavy (non-hydrogen) atoms. The van der Waals surface area contributed by atoms with E-state index in [1.807, 2.05) is 0 Å². The van der Waals surface area contributed by atoms with Crippen molar-refractivity contribution < 1.29 is 14.6 Å². The monoisotopic (exact) mass is 217 g/mol. The normalized spacial score (nSPS) is 12.4. The maximum absolute atomic E-state index is 10.6. The molecule has 1 atom stereocenters. The molecule has 6 nitrogen and oxygen atoms in total. The molecule has 1 aromatic rings. The molecule has 1 unspecified atom stereocenters. The number of aromatic nitrogens is 2. The zero-order chi connectivity index (χ0) is 10.6. The van der Waals surface area contributed by atoms with Gasteiger partial charge in [0.25, 0.3) is 0 Å². The van der Waals surface area contributed by atoms with E-state index in [2.05, 4.69) is 14.7 Å². The van der Waals surface area contributed by atoms with Gasteiger partial charge in [-0.15, -0.1) is 0 Å². The number of ether oxygens (including phenoxy) is 1. The quantitative estimate of drug-likeness (QED) is 0.740. The summed E-state index contributed by atoms with van der Waals surface area (Å²) in [6.07, 6.45) is -0.862.